The highest BCUT2D eigenvalue weighted by Crippen LogP contribution is 2.25. The van der Waals surface area contributed by atoms with Crippen molar-refractivity contribution >= 4 is 5.91 Å². The maximum Gasteiger partial charge on any atom is 0.255 e. The van der Waals surface area contributed by atoms with E-state index in [1.165, 1.54) is 14.2 Å². The van der Waals surface area contributed by atoms with Crippen molar-refractivity contribution in [3.8, 4) is 11.8 Å². The first-order chi connectivity index (χ1) is 11.2. The second-order valence-electron chi connectivity index (χ2n) is 4.84. The van der Waals surface area contributed by atoms with Gasteiger partial charge in [-0.2, -0.15) is 5.26 Å². The highest BCUT2D eigenvalue weighted by molar-refractivity contribution is 5.83. The molecule has 2 aromatic carbocycles. The number of hydrogen-bond acceptors (Lipinski definition) is 4. The molecule has 0 heterocycles. The van der Waals surface area contributed by atoms with Crippen molar-refractivity contribution in [1.82, 2.24) is 5.32 Å². The molecule has 0 aromatic heterocycles. The average molecular weight is 310 g/mol. The first-order valence-electron chi connectivity index (χ1n) is 7.12. The molecule has 0 fully saturated rings. The summed E-state index contributed by atoms with van der Waals surface area (Å²) in [6.45, 7) is 0. The quantitative estimate of drug-likeness (QED) is 0.890. The van der Waals surface area contributed by atoms with Crippen LogP contribution in [0.3, 0.4) is 0 Å². The molecule has 0 saturated carbocycles. The van der Waals surface area contributed by atoms with Gasteiger partial charge in [0.05, 0.1) is 13.2 Å². The number of carbonyl (C=O) groups excluding carboxylic acids is 1. The number of carbonyl (C=O) groups is 1. The van der Waals surface area contributed by atoms with E-state index in [-0.39, 0.29) is 5.91 Å². The van der Waals surface area contributed by atoms with Gasteiger partial charge in [-0.3, -0.25) is 4.79 Å². The summed E-state index contributed by atoms with van der Waals surface area (Å²) in [5, 5.41) is 12.1. The van der Waals surface area contributed by atoms with E-state index in [2.05, 4.69) is 11.4 Å². The van der Waals surface area contributed by atoms with Gasteiger partial charge in [0.15, 0.2) is 6.10 Å². The van der Waals surface area contributed by atoms with Crippen LogP contribution < -0.4 is 10.1 Å². The number of hydrogen-bond donors (Lipinski definition) is 1. The summed E-state index contributed by atoms with van der Waals surface area (Å²) in [6, 6.07) is 17.5. The summed E-state index contributed by atoms with van der Waals surface area (Å²) in [4.78, 5) is 12.5. The molecule has 0 radical (unpaired) electrons. The molecule has 0 aliphatic rings. The molecule has 0 bridgehead atoms. The zero-order chi connectivity index (χ0) is 16.7. The normalized spacial score (nSPS) is 12.7. The molecule has 0 unspecified atom stereocenters. The van der Waals surface area contributed by atoms with Crippen LogP contribution in [-0.4, -0.2) is 20.1 Å². The van der Waals surface area contributed by atoms with Gasteiger partial charge >= 0.3 is 0 Å². The third-order valence-corrected chi connectivity index (χ3v) is 3.44. The molecule has 1 amide bonds. The molecule has 2 rings (SSSR count). The zero-order valence-electron chi connectivity index (χ0n) is 13.0. The Kier molecular flexibility index (Phi) is 5.73. The lowest BCUT2D eigenvalue weighted by atomic mass is 10.0. The van der Waals surface area contributed by atoms with Gasteiger partial charge in [0.1, 0.15) is 11.8 Å². The van der Waals surface area contributed by atoms with Crippen LogP contribution in [0.15, 0.2) is 54.6 Å². The molecule has 2 atom stereocenters. The number of nitriles is 1. The average Bonchev–Trinajstić information content (AvgIpc) is 2.61. The third kappa shape index (κ3) is 3.87. The van der Waals surface area contributed by atoms with Gasteiger partial charge in [0.2, 0.25) is 0 Å². The Morgan fingerprint density at radius 3 is 2.35 bits per heavy atom. The zero-order valence-corrected chi connectivity index (χ0v) is 13.0. The van der Waals surface area contributed by atoms with Crippen LogP contribution in [0.4, 0.5) is 0 Å². The van der Waals surface area contributed by atoms with Gasteiger partial charge in [-0.25, -0.2) is 0 Å². The maximum atomic E-state index is 12.5. The lowest BCUT2D eigenvalue weighted by Gasteiger charge is -2.19. The van der Waals surface area contributed by atoms with Gasteiger partial charge in [-0.1, -0.05) is 48.5 Å². The predicted octanol–water partition coefficient (Wildman–Crippen LogP) is 2.76. The van der Waals surface area contributed by atoms with E-state index in [0.29, 0.717) is 11.3 Å². The highest BCUT2D eigenvalue weighted by atomic mass is 16.5. The van der Waals surface area contributed by atoms with Gasteiger partial charge in [0, 0.05) is 12.7 Å². The summed E-state index contributed by atoms with van der Waals surface area (Å²) in [6.07, 6.45) is -0.776. The number of methoxy groups -OCH3 is 2. The number of amides is 1. The number of nitrogens with zero attached hydrogens (tertiary/aromatic N) is 1. The van der Waals surface area contributed by atoms with Crippen molar-refractivity contribution in [1.29, 1.82) is 5.26 Å². The number of ether oxygens (including phenoxy) is 2. The largest absolute Gasteiger partial charge is 0.496 e. The van der Waals surface area contributed by atoms with E-state index in [1.807, 2.05) is 18.2 Å². The summed E-state index contributed by atoms with van der Waals surface area (Å²) >= 11 is 0. The molecule has 0 spiro atoms. The smallest absolute Gasteiger partial charge is 0.255 e. The molecule has 5 nitrogen and oxygen atoms in total. The lowest BCUT2D eigenvalue weighted by molar-refractivity contribution is -0.131. The summed E-state index contributed by atoms with van der Waals surface area (Å²) < 4.78 is 10.5. The van der Waals surface area contributed by atoms with Crippen LogP contribution in [0.5, 0.6) is 5.75 Å². The van der Waals surface area contributed by atoms with E-state index in [1.54, 1.807) is 36.4 Å². The van der Waals surface area contributed by atoms with Gasteiger partial charge in [-0.15, -0.1) is 0 Å². The van der Waals surface area contributed by atoms with Crippen LogP contribution in [0.2, 0.25) is 0 Å². The van der Waals surface area contributed by atoms with Crippen molar-refractivity contribution in [3.05, 3.63) is 65.7 Å². The number of benzene rings is 2. The maximum absolute atomic E-state index is 12.5. The second-order valence-corrected chi connectivity index (χ2v) is 4.84. The Labute approximate surface area is 135 Å². The molecule has 5 heteroatoms. The molecule has 1 N–H and O–H groups in total. The molecular formula is C18H18N2O3. The van der Waals surface area contributed by atoms with Crippen LogP contribution in [0.25, 0.3) is 0 Å². The first-order valence-corrected chi connectivity index (χ1v) is 7.12. The van der Waals surface area contributed by atoms with Crippen LogP contribution in [-0.2, 0) is 9.53 Å². The molecule has 118 valence electrons. The van der Waals surface area contributed by atoms with E-state index >= 15 is 0 Å². The molecule has 23 heavy (non-hydrogen) atoms. The van der Waals surface area contributed by atoms with Crippen molar-refractivity contribution in [3.63, 3.8) is 0 Å². The summed E-state index contributed by atoms with van der Waals surface area (Å²) in [5.41, 5.74) is 1.33. The fraction of sp³-hybridized carbons (Fsp3) is 0.222. The number of para-hydroxylation sites is 1. The fourth-order valence-corrected chi connectivity index (χ4v) is 2.32. The SMILES string of the molecule is COc1ccccc1[C@H](C#N)NC(=O)[C@H](OC)c1ccccc1. The number of nitrogens with one attached hydrogen (secondary N) is 1. The molecule has 2 aromatic rings. The Morgan fingerprint density at radius 1 is 1.09 bits per heavy atom. The Hall–Kier alpha value is -2.84. The van der Waals surface area contributed by atoms with E-state index < -0.39 is 12.1 Å². The van der Waals surface area contributed by atoms with E-state index in [9.17, 15) is 10.1 Å². The van der Waals surface area contributed by atoms with Crippen molar-refractivity contribution in [2.24, 2.45) is 0 Å². The van der Waals surface area contributed by atoms with Crippen LogP contribution in [0, 0.1) is 11.3 Å². The Morgan fingerprint density at radius 2 is 1.74 bits per heavy atom. The Balaban J connectivity index is 2.21. The number of rotatable bonds is 6. The van der Waals surface area contributed by atoms with E-state index in [0.717, 1.165) is 5.56 Å². The topological polar surface area (TPSA) is 71.3 Å². The second kappa shape index (κ2) is 7.97. The van der Waals surface area contributed by atoms with Crippen LogP contribution >= 0.6 is 0 Å². The molecular weight excluding hydrogens is 292 g/mol. The lowest BCUT2D eigenvalue weighted by Crippen LogP contribution is -2.33. The standard InChI is InChI=1S/C18H18N2O3/c1-22-16-11-7-6-10-14(16)15(12-19)20-18(21)17(23-2)13-8-4-3-5-9-13/h3-11,15,17H,1-2H3,(H,20,21)/t15-,17+/m0/s1. The van der Waals surface area contributed by atoms with E-state index in [4.69, 9.17) is 9.47 Å². The first kappa shape index (κ1) is 16.5. The van der Waals surface area contributed by atoms with Crippen molar-refractivity contribution in [2.75, 3.05) is 14.2 Å². The predicted molar refractivity (Wildman–Crippen MR) is 85.7 cm³/mol. The minimum absolute atomic E-state index is 0.379. The van der Waals surface area contributed by atoms with Crippen molar-refractivity contribution in [2.45, 2.75) is 12.1 Å². The minimum Gasteiger partial charge on any atom is -0.496 e. The highest BCUT2D eigenvalue weighted by Gasteiger charge is 2.24. The van der Waals surface area contributed by atoms with Gasteiger partial charge in [-0.05, 0) is 11.6 Å². The molecule has 0 aliphatic carbocycles. The fourth-order valence-electron chi connectivity index (χ4n) is 2.32. The summed E-state index contributed by atoms with van der Waals surface area (Å²) in [5.74, 6) is 0.171. The van der Waals surface area contributed by atoms with Gasteiger partial charge in [0.25, 0.3) is 5.91 Å². The molecule has 0 aliphatic heterocycles. The van der Waals surface area contributed by atoms with Crippen molar-refractivity contribution < 1.29 is 14.3 Å². The minimum atomic E-state index is -0.819. The monoisotopic (exact) mass is 310 g/mol. The third-order valence-electron chi connectivity index (χ3n) is 3.44. The molecule has 0 saturated heterocycles. The van der Waals surface area contributed by atoms with Crippen LogP contribution in [0.1, 0.15) is 23.3 Å². The summed E-state index contributed by atoms with van der Waals surface area (Å²) in [7, 11) is 2.98. The van der Waals surface area contributed by atoms with Gasteiger partial charge < -0.3 is 14.8 Å². The Bertz CT molecular complexity index is 695.